The second kappa shape index (κ2) is 20.4. The topological polar surface area (TPSA) is 159 Å². The number of ketones is 3. The van der Waals surface area contributed by atoms with Gasteiger partial charge in [-0.25, -0.2) is 0 Å². The fraction of sp³-hybridized carbons (Fsp3) is 0.683. The predicted octanol–water partition coefficient (Wildman–Crippen LogP) is 5.11. The van der Waals surface area contributed by atoms with Gasteiger partial charge in [0.25, 0.3) is 5.91 Å². The van der Waals surface area contributed by atoms with E-state index in [2.05, 4.69) is 16.0 Å². The second-order valence-corrected chi connectivity index (χ2v) is 15.6. The van der Waals surface area contributed by atoms with Crippen molar-refractivity contribution in [2.24, 2.45) is 35.5 Å². The van der Waals surface area contributed by atoms with Crippen LogP contribution in [0.4, 0.5) is 0 Å². The number of unbranched alkanes of at least 4 members (excludes halogenated alkanes) is 1. The van der Waals surface area contributed by atoms with E-state index in [0.717, 1.165) is 24.8 Å². The molecule has 1 aromatic rings. The molecule has 1 aliphatic carbocycles. The maximum atomic E-state index is 14.4. The first kappa shape index (κ1) is 42.5. The Kier molecular flexibility index (Phi) is 16.7. The quantitative estimate of drug-likeness (QED) is 0.117. The fourth-order valence-electron chi connectivity index (χ4n) is 7.92. The van der Waals surface area contributed by atoms with Gasteiger partial charge in [0.05, 0.1) is 12.1 Å². The lowest BCUT2D eigenvalue weighted by atomic mass is 9.79. The minimum Gasteiger partial charge on any atom is -0.359 e. The molecular formula is C41H62N4O7. The monoisotopic (exact) mass is 722 g/mol. The molecule has 288 valence electrons. The number of carbonyl (C=O) groups excluding carboxylic acids is 7. The highest BCUT2D eigenvalue weighted by molar-refractivity contribution is 6.38. The summed E-state index contributed by atoms with van der Waals surface area (Å²) in [7, 11) is 1.58. The third kappa shape index (κ3) is 11.6. The molecule has 0 aromatic heterocycles. The summed E-state index contributed by atoms with van der Waals surface area (Å²) in [6.45, 7) is 11.7. The molecule has 1 saturated carbocycles. The minimum absolute atomic E-state index is 0.0276. The molecule has 2 unspecified atom stereocenters. The van der Waals surface area contributed by atoms with E-state index in [4.69, 9.17) is 0 Å². The third-order valence-electron chi connectivity index (χ3n) is 11.1. The van der Waals surface area contributed by atoms with Gasteiger partial charge in [0.15, 0.2) is 0 Å². The predicted molar refractivity (Wildman–Crippen MR) is 200 cm³/mol. The molecule has 0 bridgehead atoms. The van der Waals surface area contributed by atoms with E-state index in [1.807, 2.05) is 65.0 Å². The number of benzene rings is 1. The number of likely N-dealkylation sites (tertiary alicyclic amines) is 1. The molecule has 1 saturated heterocycles. The second-order valence-electron chi connectivity index (χ2n) is 15.6. The van der Waals surface area contributed by atoms with Gasteiger partial charge in [-0.3, -0.25) is 33.6 Å². The van der Waals surface area contributed by atoms with Gasteiger partial charge < -0.3 is 20.9 Å². The molecule has 11 heteroatoms. The number of rotatable bonds is 21. The molecule has 2 fully saturated rings. The standard InChI is InChI=1S/C41H62N4O7/c1-8-15-34(38(49)40(51)43-27(6)28-16-10-9-11-17-28)44-39(50)37-31-20-14-18-29(31)24-45(37)41(52)33(26(4)5)23-35(47)32(25(2)3)22-30(46)19-12-13-21-36(48)42-7/h9-11,16-17,25-27,29,31-34,37H,8,12-15,18-24H2,1-7H3,(H,42,48)(H,43,51)(H,44,50)/t27-,29-,31-,32-,33-,34?,37?/m0/s1. The summed E-state index contributed by atoms with van der Waals surface area (Å²) >= 11 is 0. The summed E-state index contributed by atoms with van der Waals surface area (Å²) in [5.41, 5.74) is 0.853. The highest BCUT2D eigenvalue weighted by Crippen LogP contribution is 2.43. The zero-order valence-corrected chi connectivity index (χ0v) is 32.4. The van der Waals surface area contributed by atoms with Gasteiger partial charge in [0, 0.05) is 51.1 Å². The lowest BCUT2D eigenvalue weighted by molar-refractivity contribution is -0.146. The number of Topliss-reactive ketones (excluding diaryl/α,β-unsaturated/α-hetero) is 3. The van der Waals surface area contributed by atoms with Crippen LogP contribution in [-0.2, 0) is 33.6 Å². The van der Waals surface area contributed by atoms with Gasteiger partial charge in [0.1, 0.15) is 17.6 Å². The van der Waals surface area contributed by atoms with E-state index in [-0.39, 0.29) is 66.3 Å². The van der Waals surface area contributed by atoms with Crippen LogP contribution < -0.4 is 16.0 Å². The molecule has 52 heavy (non-hydrogen) atoms. The number of nitrogens with one attached hydrogen (secondary N) is 3. The first-order valence-corrected chi connectivity index (χ1v) is 19.4. The first-order valence-electron chi connectivity index (χ1n) is 19.4. The molecule has 3 rings (SSSR count). The SMILES string of the molecule is CCCC(NC(=O)C1[C@H]2CCC[C@H]2CN1C(=O)[C@@H](CC(=O)[C@@H](CC(=O)CCCCC(=O)NC)C(C)C)C(C)C)C(=O)C(=O)N[C@@H](C)c1ccccc1. The Morgan fingerprint density at radius 3 is 2.10 bits per heavy atom. The average Bonchev–Trinajstić information content (AvgIpc) is 3.72. The Bertz CT molecular complexity index is 1410. The lowest BCUT2D eigenvalue weighted by Gasteiger charge is -2.33. The van der Waals surface area contributed by atoms with E-state index in [1.54, 1.807) is 18.9 Å². The smallest absolute Gasteiger partial charge is 0.290 e. The van der Waals surface area contributed by atoms with E-state index in [0.29, 0.717) is 38.6 Å². The molecule has 3 N–H and O–H groups in total. The molecule has 2 aliphatic rings. The summed E-state index contributed by atoms with van der Waals surface area (Å²) in [5, 5.41) is 8.21. The summed E-state index contributed by atoms with van der Waals surface area (Å²) in [4.78, 5) is 94.9. The Morgan fingerprint density at radius 1 is 0.827 bits per heavy atom. The first-order chi connectivity index (χ1) is 24.7. The highest BCUT2D eigenvalue weighted by Gasteiger charge is 2.51. The summed E-state index contributed by atoms with van der Waals surface area (Å²) in [6, 6.07) is 7.08. The van der Waals surface area contributed by atoms with Crippen molar-refractivity contribution in [3.63, 3.8) is 0 Å². The van der Waals surface area contributed by atoms with Gasteiger partial charge in [-0.15, -0.1) is 0 Å². The Labute approximate surface area is 310 Å². The van der Waals surface area contributed by atoms with E-state index >= 15 is 0 Å². The third-order valence-corrected chi connectivity index (χ3v) is 11.1. The number of fused-ring (bicyclic) bond motifs is 1. The van der Waals surface area contributed by atoms with Crippen LogP contribution in [0.3, 0.4) is 0 Å². The van der Waals surface area contributed by atoms with E-state index < -0.39 is 47.6 Å². The van der Waals surface area contributed by atoms with Crippen LogP contribution in [0, 0.1) is 35.5 Å². The molecule has 0 radical (unpaired) electrons. The van der Waals surface area contributed by atoms with Crippen LogP contribution in [0.15, 0.2) is 30.3 Å². The zero-order valence-electron chi connectivity index (χ0n) is 32.4. The van der Waals surface area contributed by atoms with Crippen molar-refractivity contribution in [2.45, 2.75) is 130 Å². The van der Waals surface area contributed by atoms with Gasteiger partial charge in [0.2, 0.25) is 23.5 Å². The van der Waals surface area contributed by atoms with Gasteiger partial charge in [-0.05, 0) is 68.3 Å². The van der Waals surface area contributed by atoms with Crippen molar-refractivity contribution in [3.8, 4) is 0 Å². The van der Waals surface area contributed by atoms with Crippen molar-refractivity contribution in [1.29, 1.82) is 0 Å². The van der Waals surface area contributed by atoms with Crippen LogP contribution in [-0.4, -0.2) is 71.6 Å². The Balaban J connectivity index is 1.73. The number of hydrogen-bond acceptors (Lipinski definition) is 7. The molecular weight excluding hydrogens is 660 g/mol. The maximum absolute atomic E-state index is 14.4. The Hall–Kier alpha value is -3.89. The van der Waals surface area contributed by atoms with Gasteiger partial charge in [-0.2, -0.15) is 0 Å². The van der Waals surface area contributed by atoms with Gasteiger partial charge in [-0.1, -0.05) is 77.8 Å². The molecule has 11 nitrogen and oxygen atoms in total. The van der Waals surface area contributed by atoms with Crippen molar-refractivity contribution in [2.75, 3.05) is 13.6 Å². The largest absolute Gasteiger partial charge is 0.359 e. The summed E-state index contributed by atoms with van der Waals surface area (Å²) in [6.07, 6.45) is 5.33. The van der Waals surface area contributed by atoms with Crippen LogP contribution in [0.2, 0.25) is 0 Å². The maximum Gasteiger partial charge on any atom is 0.290 e. The van der Waals surface area contributed by atoms with Crippen LogP contribution in [0.1, 0.15) is 124 Å². The molecule has 1 aromatic carbocycles. The van der Waals surface area contributed by atoms with Crippen molar-refractivity contribution in [1.82, 2.24) is 20.9 Å². The summed E-state index contributed by atoms with van der Waals surface area (Å²) in [5.74, 6) is -3.85. The fourth-order valence-corrected chi connectivity index (χ4v) is 7.92. The van der Waals surface area contributed by atoms with Crippen LogP contribution in [0.25, 0.3) is 0 Å². The summed E-state index contributed by atoms with van der Waals surface area (Å²) < 4.78 is 0. The highest BCUT2D eigenvalue weighted by atomic mass is 16.2. The normalized spacial score (nSPS) is 20.5. The van der Waals surface area contributed by atoms with Crippen LogP contribution in [0.5, 0.6) is 0 Å². The number of amides is 4. The minimum atomic E-state index is -1.03. The van der Waals surface area contributed by atoms with Crippen molar-refractivity contribution < 1.29 is 33.6 Å². The average molecular weight is 723 g/mol. The van der Waals surface area contributed by atoms with Crippen molar-refractivity contribution in [3.05, 3.63) is 35.9 Å². The van der Waals surface area contributed by atoms with Gasteiger partial charge >= 0.3 is 0 Å². The lowest BCUT2D eigenvalue weighted by Crippen LogP contribution is -2.55. The number of nitrogens with zero attached hydrogens (tertiary/aromatic N) is 1. The molecule has 1 heterocycles. The molecule has 0 spiro atoms. The molecule has 7 atom stereocenters. The molecule has 4 amide bonds. The number of hydrogen-bond donors (Lipinski definition) is 3. The van der Waals surface area contributed by atoms with Crippen molar-refractivity contribution >= 4 is 41.0 Å². The number of carbonyl (C=O) groups is 7. The Morgan fingerprint density at radius 2 is 1.48 bits per heavy atom. The van der Waals surface area contributed by atoms with Crippen LogP contribution >= 0.6 is 0 Å². The van der Waals surface area contributed by atoms with E-state index in [1.165, 1.54) is 0 Å². The molecule has 1 aliphatic heterocycles. The zero-order chi connectivity index (χ0) is 38.5. The van der Waals surface area contributed by atoms with E-state index in [9.17, 15) is 33.6 Å².